The van der Waals surface area contributed by atoms with E-state index < -0.39 is 4.92 Å². The van der Waals surface area contributed by atoms with Gasteiger partial charge < -0.3 is 9.64 Å². The molecule has 1 aromatic rings. The van der Waals surface area contributed by atoms with Gasteiger partial charge in [0.1, 0.15) is 11.6 Å². The zero-order chi connectivity index (χ0) is 13.1. The summed E-state index contributed by atoms with van der Waals surface area (Å²) in [7, 11) is 1.88. The minimum atomic E-state index is -0.527. The molecule has 0 aliphatic carbocycles. The molecule has 1 atom stereocenters. The second-order valence-corrected chi connectivity index (χ2v) is 4.20. The molecule has 1 heterocycles. The zero-order valence-electron chi connectivity index (χ0n) is 10.00. The molecule has 6 heteroatoms. The van der Waals surface area contributed by atoms with Crippen molar-refractivity contribution in [3.63, 3.8) is 0 Å². The lowest BCUT2D eigenvalue weighted by molar-refractivity contribution is -0.385. The molecule has 1 aliphatic heterocycles. The molecule has 1 fully saturated rings. The van der Waals surface area contributed by atoms with E-state index >= 15 is 0 Å². The zero-order valence-corrected chi connectivity index (χ0v) is 10.00. The van der Waals surface area contributed by atoms with E-state index in [0.717, 1.165) is 12.1 Å². The van der Waals surface area contributed by atoms with Gasteiger partial charge in [0.25, 0.3) is 5.69 Å². The summed E-state index contributed by atoms with van der Waals surface area (Å²) in [6.07, 6.45) is 0.907. The molecular weight excluding hydrogens is 234 g/mol. The van der Waals surface area contributed by atoms with Crippen molar-refractivity contribution in [2.45, 2.75) is 12.5 Å². The number of nitro benzene ring substituents is 1. The molecule has 0 aromatic heterocycles. The van der Waals surface area contributed by atoms with Crippen LogP contribution in [0.15, 0.2) is 18.2 Å². The van der Waals surface area contributed by atoms with Crippen LogP contribution in [-0.4, -0.2) is 31.2 Å². The number of rotatable bonds is 3. The Hall–Kier alpha value is -2.13. The minimum Gasteiger partial charge on any atom is -0.379 e. The second-order valence-electron chi connectivity index (χ2n) is 4.20. The van der Waals surface area contributed by atoms with Crippen LogP contribution in [0.25, 0.3) is 0 Å². The Morgan fingerprint density at radius 1 is 1.61 bits per heavy atom. The molecule has 0 spiro atoms. The van der Waals surface area contributed by atoms with Crippen LogP contribution in [0.1, 0.15) is 12.0 Å². The van der Waals surface area contributed by atoms with E-state index in [1.54, 1.807) is 6.07 Å². The molecule has 0 amide bonds. The number of likely N-dealkylation sites (N-methyl/N-ethyl adjacent to an activating group) is 1. The predicted molar refractivity (Wildman–Crippen MR) is 65.4 cm³/mol. The van der Waals surface area contributed by atoms with E-state index in [9.17, 15) is 10.1 Å². The fraction of sp³-hybridized carbons (Fsp3) is 0.417. The summed E-state index contributed by atoms with van der Waals surface area (Å²) in [5.41, 5.74) is 0.664. The van der Waals surface area contributed by atoms with Crippen molar-refractivity contribution in [2.24, 2.45) is 0 Å². The third-order valence-electron chi connectivity index (χ3n) is 3.16. The molecule has 0 radical (unpaired) electrons. The molecular formula is C12H13N3O3. The monoisotopic (exact) mass is 247 g/mol. The summed E-state index contributed by atoms with van der Waals surface area (Å²) >= 11 is 0. The van der Waals surface area contributed by atoms with Gasteiger partial charge in [-0.3, -0.25) is 10.1 Å². The van der Waals surface area contributed by atoms with Crippen LogP contribution in [0.4, 0.5) is 11.4 Å². The molecule has 0 N–H and O–H groups in total. The van der Waals surface area contributed by atoms with Crippen LogP contribution in [-0.2, 0) is 4.74 Å². The van der Waals surface area contributed by atoms with Crippen molar-refractivity contribution >= 4 is 11.4 Å². The van der Waals surface area contributed by atoms with E-state index in [4.69, 9.17) is 10.00 Å². The van der Waals surface area contributed by atoms with Gasteiger partial charge in [-0.15, -0.1) is 0 Å². The van der Waals surface area contributed by atoms with Crippen molar-refractivity contribution in [1.82, 2.24) is 0 Å². The maximum atomic E-state index is 10.9. The first kappa shape index (κ1) is 12.3. The van der Waals surface area contributed by atoms with Crippen molar-refractivity contribution in [2.75, 3.05) is 25.2 Å². The van der Waals surface area contributed by atoms with Gasteiger partial charge in [-0.25, -0.2) is 0 Å². The predicted octanol–water partition coefficient (Wildman–Crippen LogP) is 1.69. The summed E-state index contributed by atoms with van der Waals surface area (Å²) in [6, 6.07) is 6.71. The van der Waals surface area contributed by atoms with Crippen molar-refractivity contribution in [3.05, 3.63) is 33.9 Å². The number of nitro groups is 1. The standard InChI is InChI=1S/C12H13N3O3/c1-14(11-4-5-18-8-11)10-3-2-9(7-13)12(6-10)15(16)17/h2-3,6,11H,4-5,8H2,1H3. The van der Waals surface area contributed by atoms with E-state index in [1.807, 2.05) is 18.0 Å². The average Bonchev–Trinajstić information content (AvgIpc) is 2.90. The van der Waals surface area contributed by atoms with Crippen LogP contribution in [0, 0.1) is 21.4 Å². The molecule has 1 unspecified atom stereocenters. The third kappa shape index (κ3) is 2.26. The highest BCUT2D eigenvalue weighted by atomic mass is 16.6. The average molecular weight is 247 g/mol. The molecule has 1 aliphatic rings. The molecule has 1 saturated heterocycles. The van der Waals surface area contributed by atoms with Crippen LogP contribution < -0.4 is 4.90 Å². The van der Waals surface area contributed by atoms with Gasteiger partial charge in [0.05, 0.1) is 17.6 Å². The quantitative estimate of drug-likeness (QED) is 0.599. The molecule has 1 aromatic carbocycles. The van der Waals surface area contributed by atoms with E-state index in [-0.39, 0.29) is 17.3 Å². The fourth-order valence-electron chi connectivity index (χ4n) is 2.02. The highest BCUT2D eigenvalue weighted by Crippen LogP contribution is 2.27. The van der Waals surface area contributed by atoms with Crippen LogP contribution in [0.5, 0.6) is 0 Å². The Morgan fingerprint density at radius 2 is 2.39 bits per heavy atom. The van der Waals surface area contributed by atoms with Gasteiger partial charge in [-0.05, 0) is 18.6 Å². The molecule has 94 valence electrons. The number of nitrogens with zero attached hydrogens (tertiary/aromatic N) is 3. The Balaban J connectivity index is 2.31. The fourth-order valence-corrected chi connectivity index (χ4v) is 2.02. The number of ether oxygens (including phenoxy) is 1. The lowest BCUT2D eigenvalue weighted by Gasteiger charge is -2.25. The summed E-state index contributed by atoms with van der Waals surface area (Å²) in [5, 5.41) is 19.7. The molecule has 0 bridgehead atoms. The topological polar surface area (TPSA) is 79.4 Å². The molecule has 0 saturated carbocycles. The Bertz CT molecular complexity index is 504. The Kier molecular flexibility index (Phi) is 3.44. The number of anilines is 1. The van der Waals surface area contributed by atoms with Crippen LogP contribution >= 0.6 is 0 Å². The largest absolute Gasteiger partial charge is 0.379 e. The van der Waals surface area contributed by atoms with Gasteiger partial charge >= 0.3 is 0 Å². The van der Waals surface area contributed by atoms with E-state index in [1.165, 1.54) is 12.1 Å². The normalized spacial score (nSPS) is 18.3. The van der Waals surface area contributed by atoms with Gasteiger partial charge in [0.15, 0.2) is 0 Å². The van der Waals surface area contributed by atoms with Gasteiger partial charge in [0, 0.05) is 25.4 Å². The lowest BCUT2D eigenvalue weighted by Crippen LogP contribution is -2.31. The van der Waals surface area contributed by atoms with Crippen LogP contribution in [0.2, 0.25) is 0 Å². The van der Waals surface area contributed by atoms with Crippen LogP contribution in [0.3, 0.4) is 0 Å². The summed E-state index contributed by atoms with van der Waals surface area (Å²) < 4.78 is 5.29. The summed E-state index contributed by atoms with van der Waals surface area (Å²) in [5.74, 6) is 0. The molecule has 2 rings (SSSR count). The molecule has 6 nitrogen and oxygen atoms in total. The number of nitriles is 1. The maximum Gasteiger partial charge on any atom is 0.289 e. The number of hydrogen-bond donors (Lipinski definition) is 0. The van der Waals surface area contributed by atoms with Crippen molar-refractivity contribution < 1.29 is 9.66 Å². The maximum absolute atomic E-state index is 10.9. The first-order chi connectivity index (χ1) is 8.63. The molecule has 18 heavy (non-hydrogen) atoms. The summed E-state index contributed by atoms with van der Waals surface area (Å²) in [6.45, 7) is 1.34. The number of benzene rings is 1. The van der Waals surface area contributed by atoms with Gasteiger partial charge in [-0.2, -0.15) is 5.26 Å². The third-order valence-corrected chi connectivity index (χ3v) is 3.16. The number of hydrogen-bond acceptors (Lipinski definition) is 5. The highest BCUT2D eigenvalue weighted by molar-refractivity contribution is 5.60. The first-order valence-corrected chi connectivity index (χ1v) is 5.62. The lowest BCUT2D eigenvalue weighted by atomic mass is 10.1. The Morgan fingerprint density at radius 3 is 2.94 bits per heavy atom. The summed E-state index contributed by atoms with van der Waals surface area (Å²) in [4.78, 5) is 12.3. The second kappa shape index (κ2) is 5.02. The van der Waals surface area contributed by atoms with Gasteiger partial charge in [-0.1, -0.05) is 0 Å². The smallest absolute Gasteiger partial charge is 0.289 e. The SMILES string of the molecule is CN(c1ccc(C#N)c([N+](=O)[O-])c1)C1CCOC1. The minimum absolute atomic E-state index is 0.0832. The first-order valence-electron chi connectivity index (χ1n) is 5.62. The Labute approximate surface area is 105 Å². The van der Waals surface area contributed by atoms with E-state index in [0.29, 0.717) is 13.2 Å². The highest BCUT2D eigenvalue weighted by Gasteiger charge is 2.23. The van der Waals surface area contributed by atoms with Crippen molar-refractivity contribution in [3.8, 4) is 6.07 Å². The van der Waals surface area contributed by atoms with Crippen molar-refractivity contribution in [1.29, 1.82) is 5.26 Å². The van der Waals surface area contributed by atoms with E-state index in [2.05, 4.69) is 0 Å². The van der Waals surface area contributed by atoms with Gasteiger partial charge in [0.2, 0.25) is 0 Å².